The summed E-state index contributed by atoms with van der Waals surface area (Å²) in [4.78, 5) is 13.0. The van der Waals surface area contributed by atoms with Crippen molar-refractivity contribution in [1.82, 2.24) is 14.9 Å². The number of thioether (sulfide) groups is 1. The van der Waals surface area contributed by atoms with E-state index in [2.05, 4.69) is 15.5 Å². The first-order chi connectivity index (χ1) is 13.7. The van der Waals surface area contributed by atoms with E-state index in [9.17, 15) is 18.0 Å². The molecular formula is C18H15ClF3N5OS. The molecule has 0 saturated carbocycles. The van der Waals surface area contributed by atoms with Gasteiger partial charge in [-0.05, 0) is 30.7 Å². The lowest BCUT2D eigenvalue weighted by Gasteiger charge is -2.18. The van der Waals surface area contributed by atoms with Crippen LogP contribution in [0, 0.1) is 6.92 Å². The van der Waals surface area contributed by atoms with Crippen molar-refractivity contribution in [1.29, 1.82) is 0 Å². The molecule has 3 aromatic rings. The Morgan fingerprint density at radius 1 is 1.21 bits per heavy atom. The molecule has 0 fully saturated rings. The van der Waals surface area contributed by atoms with Crippen molar-refractivity contribution in [3.05, 3.63) is 70.5 Å². The van der Waals surface area contributed by atoms with Crippen LogP contribution in [0.2, 0.25) is 5.02 Å². The topological polar surface area (TPSA) is 85.8 Å². The number of aryl methyl sites for hydroxylation is 1. The molecule has 3 rings (SSSR count). The van der Waals surface area contributed by atoms with E-state index in [4.69, 9.17) is 17.4 Å². The Morgan fingerprint density at radius 3 is 2.48 bits per heavy atom. The maximum atomic E-state index is 13.0. The monoisotopic (exact) mass is 441 g/mol. The Labute approximate surface area is 173 Å². The number of alkyl halides is 3. The number of hydrogen-bond donors (Lipinski definition) is 2. The van der Waals surface area contributed by atoms with E-state index in [0.29, 0.717) is 11.4 Å². The average molecular weight is 442 g/mol. The third-order valence-electron chi connectivity index (χ3n) is 3.95. The minimum Gasteiger partial charge on any atom is -0.336 e. The van der Waals surface area contributed by atoms with Crippen LogP contribution in [-0.2, 0) is 11.0 Å². The summed E-state index contributed by atoms with van der Waals surface area (Å²) in [6, 6.07) is 11.4. The molecule has 1 atom stereocenters. The smallest absolute Gasteiger partial charge is 0.336 e. The average Bonchev–Trinajstić information content (AvgIpc) is 2.99. The Hall–Kier alpha value is -2.72. The molecule has 2 aromatic carbocycles. The highest BCUT2D eigenvalue weighted by Gasteiger charge is 2.32. The molecule has 0 bridgehead atoms. The van der Waals surface area contributed by atoms with Crippen molar-refractivity contribution in [2.24, 2.45) is 0 Å². The third-order valence-corrected chi connectivity index (χ3v) is 5.49. The second-order valence-corrected chi connectivity index (χ2v) is 7.47. The van der Waals surface area contributed by atoms with Crippen molar-refractivity contribution in [3.8, 4) is 0 Å². The summed E-state index contributed by atoms with van der Waals surface area (Å²) in [5, 5.41) is 9.67. The van der Waals surface area contributed by atoms with Crippen LogP contribution in [-0.4, -0.2) is 20.8 Å². The van der Waals surface area contributed by atoms with Gasteiger partial charge in [-0.2, -0.15) is 13.2 Å². The summed E-state index contributed by atoms with van der Waals surface area (Å²) in [5.74, 6) is 5.73. The van der Waals surface area contributed by atoms with Crippen molar-refractivity contribution >= 4 is 35.0 Å². The van der Waals surface area contributed by atoms with Crippen LogP contribution < -0.4 is 11.2 Å². The first-order valence-corrected chi connectivity index (χ1v) is 9.49. The summed E-state index contributed by atoms with van der Waals surface area (Å²) >= 11 is 7.01. The number of benzene rings is 2. The number of anilines is 1. The van der Waals surface area contributed by atoms with Gasteiger partial charge in [-0.25, -0.2) is 4.68 Å². The second kappa shape index (κ2) is 8.34. The molecule has 0 aliphatic rings. The van der Waals surface area contributed by atoms with Gasteiger partial charge in [-0.3, -0.25) is 4.79 Å². The van der Waals surface area contributed by atoms with Crippen LogP contribution >= 0.6 is 23.4 Å². The summed E-state index contributed by atoms with van der Waals surface area (Å²) in [7, 11) is 0. The van der Waals surface area contributed by atoms with Crippen molar-refractivity contribution in [3.63, 3.8) is 0 Å². The summed E-state index contributed by atoms with van der Waals surface area (Å²) < 4.78 is 40.2. The van der Waals surface area contributed by atoms with Gasteiger partial charge in [0, 0.05) is 0 Å². The minimum absolute atomic E-state index is 0.0130. The van der Waals surface area contributed by atoms with Gasteiger partial charge in [-0.1, -0.05) is 53.7 Å². The highest BCUT2D eigenvalue weighted by Crippen LogP contribution is 2.37. The normalized spacial score (nSPS) is 12.6. The zero-order valence-electron chi connectivity index (χ0n) is 14.9. The van der Waals surface area contributed by atoms with Gasteiger partial charge in [0.05, 0.1) is 16.3 Å². The summed E-state index contributed by atoms with van der Waals surface area (Å²) in [6.07, 6.45) is -4.56. The van der Waals surface area contributed by atoms with Crippen LogP contribution in [0.4, 0.5) is 18.9 Å². The lowest BCUT2D eigenvalue weighted by Crippen LogP contribution is -2.21. The number of carbonyl (C=O) groups excluding carboxylic acids is 1. The fourth-order valence-electron chi connectivity index (χ4n) is 2.43. The number of nitrogen functional groups attached to an aromatic ring is 1. The number of aromatic nitrogens is 3. The highest BCUT2D eigenvalue weighted by atomic mass is 35.5. The third kappa shape index (κ3) is 4.83. The quantitative estimate of drug-likeness (QED) is 0.451. The second-order valence-electron chi connectivity index (χ2n) is 5.99. The molecule has 0 aliphatic carbocycles. The lowest BCUT2D eigenvalue weighted by atomic mass is 10.1. The fraction of sp³-hybridized carbons (Fsp3) is 0.167. The molecule has 0 spiro atoms. The number of nitrogens with one attached hydrogen (secondary N) is 1. The van der Waals surface area contributed by atoms with Crippen LogP contribution in [0.3, 0.4) is 0 Å². The van der Waals surface area contributed by atoms with Crippen LogP contribution in [0.1, 0.15) is 22.2 Å². The van der Waals surface area contributed by atoms with Crippen LogP contribution in [0.25, 0.3) is 0 Å². The molecule has 0 saturated heterocycles. The molecule has 6 nitrogen and oxygen atoms in total. The molecule has 0 aliphatic heterocycles. The van der Waals surface area contributed by atoms with E-state index in [1.165, 1.54) is 4.68 Å². The summed E-state index contributed by atoms with van der Waals surface area (Å²) in [5.41, 5.74) is -0.449. The van der Waals surface area contributed by atoms with Crippen LogP contribution in [0.15, 0.2) is 53.7 Å². The molecule has 152 valence electrons. The SMILES string of the molecule is Cc1nnc(S[C@@H](C(=O)Nc2cc(C(F)(F)F)ccc2Cl)c2ccccc2)n1N. The first-order valence-electron chi connectivity index (χ1n) is 8.23. The van der Waals surface area contributed by atoms with Crippen molar-refractivity contribution < 1.29 is 18.0 Å². The predicted molar refractivity (Wildman–Crippen MR) is 105 cm³/mol. The molecule has 0 unspecified atom stereocenters. The molecular weight excluding hydrogens is 427 g/mol. The molecule has 1 amide bonds. The molecule has 0 radical (unpaired) electrons. The fourth-order valence-corrected chi connectivity index (χ4v) is 3.60. The van der Waals surface area contributed by atoms with Crippen LogP contribution in [0.5, 0.6) is 0 Å². The van der Waals surface area contributed by atoms with Gasteiger partial charge >= 0.3 is 6.18 Å². The zero-order valence-corrected chi connectivity index (χ0v) is 16.5. The maximum Gasteiger partial charge on any atom is 0.416 e. The number of nitrogens with two attached hydrogens (primary N) is 1. The number of nitrogens with zero attached hydrogens (tertiary/aromatic N) is 3. The first kappa shape index (κ1) is 21.0. The van der Waals surface area contributed by atoms with Gasteiger partial charge in [0.15, 0.2) is 0 Å². The lowest BCUT2D eigenvalue weighted by molar-refractivity contribution is -0.137. The molecule has 11 heteroatoms. The minimum atomic E-state index is -4.56. The van der Waals surface area contributed by atoms with E-state index in [1.807, 2.05) is 0 Å². The maximum absolute atomic E-state index is 13.0. The molecule has 3 N–H and O–H groups in total. The van der Waals surface area contributed by atoms with E-state index < -0.39 is 22.9 Å². The molecule has 1 aromatic heterocycles. The van der Waals surface area contributed by atoms with E-state index >= 15 is 0 Å². The zero-order chi connectivity index (χ0) is 21.2. The van der Waals surface area contributed by atoms with Crippen molar-refractivity contribution in [2.75, 3.05) is 11.2 Å². The molecule has 1 heterocycles. The number of rotatable bonds is 5. The van der Waals surface area contributed by atoms with E-state index in [1.54, 1.807) is 37.3 Å². The predicted octanol–water partition coefficient (Wildman–Crippen LogP) is 4.44. The largest absolute Gasteiger partial charge is 0.416 e. The number of carbonyl (C=O) groups is 1. The van der Waals surface area contributed by atoms with Crippen molar-refractivity contribution in [2.45, 2.75) is 23.5 Å². The Morgan fingerprint density at radius 2 is 1.90 bits per heavy atom. The van der Waals surface area contributed by atoms with Gasteiger partial charge in [0.25, 0.3) is 0 Å². The van der Waals surface area contributed by atoms with Gasteiger partial charge in [0.1, 0.15) is 11.1 Å². The Kier molecular flexibility index (Phi) is 6.04. The van der Waals surface area contributed by atoms with E-state index in [-0.39, 0.29) is 15.9 Å². The van der Waals surface area contributed by atoms with Gasteiger partial charge in [-0.15, -0.1) is 10.2 Å². The number of halogens is 4. The number of amides is 1. The van der Waals surface area contributed by atoms with E-state index in [0.717, 1.165) is 30.0 Å². The standard InChI is InChI=1S/C18H15ClF3N5OS/c1-10-25-26-17(27(10)23)29-15(11-5-3-2-4-6-11)16(28)24-14-9-12(18(20,21)22)7-8-13(14)19/h2-9,15H,23H2,1H3,(H,24,28)/t15-/m1/s1. The Balaban J connectivity index is 1.92. The summed E-state index contributed by atoms with van der Waals surface area (Å²) in [6.45, 7) is 1.65. The molecule has 29 heavy (non-hydrogen) atoms. The highest BCUT2D eigenvalue weighted by molar-refractivity contribution is 8.00. The van der Waals surface area contributed by atoms with Gasteiger partial charge < -0.3 is 11.2 Å². The Bertz CT molecular complexity index is 1030. The van der Waals surface area contributed by atoms with Gasteiger partial charge in [0.2, 0.25) is 11.1 Å². The number of hydrogen-bond acceptors (Lipinski definition) is 5.